The van der Waals surface area contributed by atoms with Gasteiger partial charge in [-0.25, -0.2) is 0 Å². The molecule has 25 heavy (non-hydrogen) atoms. The lowest BCUT2D eigenvalue weighted by Crippen LogP contribution is -2.41. The summed E-state index contributed by atoms with van der Waals surface area (Å²) in [7, 11) is 0. The zero-order valence-electron chi connectivity index (χ0n) is 13.2. The molecule has 0 spiro atoms. The van der Waals surface area contributed by atoms with Gasteiger partial charge in [0.2, 0.25) is 0 Å². The topological polar surface area (TPSA) is 113 Å². The summed E-state index contributed by atoms with van der Waals surface area (Å²) in [6.07, 6.45) is 1.61. The molecule has 8 heteroatoms. The molecule has 2 N–H and O–H groups in total. The second-order valence-electron chi connectivity index (χ2n) is 5.34. The van der Waals surface area contributed by atoms with E-state index in [1.54, 1.807) is 48.7 Å². The van der Waals surface area contributed by atoms with E-state index in [-0.39, 0.29) is 13.1 Å². The van der Waals surface area contributed by atoms with E-state index >= 15 is 0 Å². The molecule has 1 aliphatic heterocycles. The lowest BCUT2D eigenvalue weighted by molar-refractivity contribution is -0.139. The number of aromatic nitrogens is 1. The van der Waals surface area contributed by atoms with Crippen LogP contribution in [-0.2, 0) is 16.1 Å². The van der Waals surface area contributed by atoms with Gasteiger partial charge in [0.15, 0.2) is 0 Å². The molecule has 3 amide bonds. The van der Waals surface area contributed by atoms with Crippen molar-refractivity contribution in [1.29, 1.82) is 0 Å². The fourth-order valence-corrected chi connectivity index (χ4v) is 2.39. The van der Waals surface area contributed by atoms with E-state index in [4.69, 9.17) is 0 Å². The maximum atomic E-state index is 11.9. The van der Waals surface area contributed by atoms with Gasteiger partial charge in [-0.1, -0.05) is 24.3 Å². The van der Waals surface area contributed by atoms with Crippen LogP contribution in [0, 0.1) is 0 Å². The minimum absolute atomic E-state index is 0.0730. The summed E-state index contributed by atoms with van der Waals surface area (Å²) in [5, 5.41) is 12.5. The molecule has 0 saturated carbocycles. The van der Waals surface area contributed by atoms with Gasteiger partial charge in [-0.2, -0.15) is 5.11 Å². The third-order valence-corrected chi connectivity index (χ3v) is 3.66. The van der Waals surface area contributed by atoms with Crippen molar-refractivity contribution in [2.24, 2.45) is 10.2 Å². The highest BCUT2D eigenvalue weighted by atomic mass is 16.2. The number of benzene rings is 1. The van der Waals surface area contributed by atoms with Crippen LogP contribution in [0.5, 0.6) is 0 Å². The normalized spacial score (nSPS) is 15.4. The second-order valence-corrected chi connectivity index (χ2v) is 5.34. The van der Waals surface area contributed by atoms with Gasteiger partial charge >= 0.3 is 11.8 Å². The third-order valence-electron chi connectivity index (χ3n) is 3.66. The van der Waals surface area contributed by atoms with Crippen LogP contribution in [0.15, 0.2) is 58.9 Å². The fraction of sp³-hybridized carbons (Fsp3) is 0.176. The molecule has 2 aromatic rings. The average molecular weight is 337 g/mol. The van der Waals surface area contributed by atoms with Gasteiger partial charge < -0.3 is 10.6 Å². The van der Waals surface area contributed by atoms with Crippen molar-refractivity contribution in [3.8, 4) is 0 Å². The monoisotopic (exact) mass is 337 g/mol. The highest BCUT2D eigenvalue weighted by Crippen LogP contribution is 2.26. The number of carbonyl (C=O) groups excluding carboxylic acids is 3. The van der Waals surface area contributed by atoms with Gasteiger partial charge in [-0.15, -0.1) is 5.11 Å². The summed E-state index contributed by atoms with van der Waals surface area (Å²) < 4.78 is 0. The first-order valence-corrected chi connectivity index (χ1v) is 7.65. The van der Waals surface area contributed by atoms with Crippen LogP contribution < -0.4 is 10.6 Å². The highest BCUT2D eigenvalue weighted by molar-refractivity contribution is 6.35. The summed E-state index contributed by atoms with van der Waals surface area (Å²) >= 11 is 0. The first kappa shape index (κ1) is 16.4. The SMILES string of the molecule is O=C(NCc1ccccn1)C(=O)NCC1N=NC(=O)c2ccccc21. The standard InChI is InChI=1S/C17H15N5O3/c23-15-13-7-2-1-6-12(13)14(21-22-15)10-20-17(25)16(24)19-9-11-5-3-4-8-18-11/h1-8,14H,9-10H2,(H,19,24)(H,20,25). The number of carbonyl (C=O) groups is 3. The van der Waals surface area contributed by atoms with Crippen LogP contribution in [0.4, 0.5) is 0 Å². The summed E-state index contributed by atoms with van der Waals surface area (Å²) in [5.74, 6) is -1.95. The Morgan fingerprint density at radius 2 is 1.76 bits per heavy atom. The number of azo groups is 1. The Hall–Kier alpha value is -3.42. The molecular weight excluding hydrogens is 322 g/mol. The second kappa shape index (κ2) is 7.43. The van der Waals surface area contributed by atoms with Crippen LogP contribution in [0.3, 0.4) is 0 Å². The molecule has 8 nitrogen and oxygen atoms in total. The summed E-state index contributed by atoms with van der Waals surface area (Å²) in [6.45, 7) is 0.233. The Morgan fingerprint density at radius 1 is 1.00 bits per heavy atom. The predicted octanol–water partition coefficient (Wildman–Crippen LogP) is 1.16. The number of pyridine rings is 1. The summed E-state index contributed by atoms with van der Waals surface area (Å²) in [6, 6.07) is 11.7. The molecule has 1 atom stereocenters. The quantitative estimate of drug-likeness (QED) is 0.815. The van der Waals surface area contributed by atoms with Gasteiger partial charge in [-0.3, -0.25) is 19.4 Å². The van der Waals surface area contributed by atoms with E-state index in [0.717, 1.165) is 0 Å². The van der Waals surface area contributed by atoms with Crippen LogP contribution in [0.25, 0.3) is 0 Å². The van der Waals surface area contributed by atoms with E-state index in [1.807, 2.05) is 0 Å². The van der Waals surface area contributed by atoms with Crippen LogP contribution >= 0.6 is 0 Å². The van der Waals surface area contributed by atoms with Crippen LogP contribution in [0.2, 0.25) is 0 Å². The van der Waals surface area contributed by atoms with Gasteiger partial charge in [0.1, 0.15) is 6.04 Å². The van der Waals surface area contributed by atoms with E-state index in [0.29, 0.717) is 16.8 Å². The Balaban J connectivity index is 1.54. The number of nitrogens with one attached hydrogen (secondary N) is 2. The molecule has 0 fully saturated rings. The van der Waals surface area contributed by atoms with E-state index in [2.05, 4.69) is 25.8 Å². The van der Waals surface area contributed by atoms with Crippen molar-refractivity contribution >= 4 is 17.7 Å². The Bertz CT molecular complexity index is 835. The zero-order chi connectivity index (χ0) is 17.6. The van der Waals surface area contributed by atoms with Gasteiger partial charge in [0.05, 0.1) is 12.2 Å². The Labute approximate surface area is 143 Å². The number of hydrogen-bond acceptors (Lipinski definition) is 5. The molecule has 1 aliphatic rings. The largest absolute Gasteiger partial charge is 0.345 e. The molecule has 1 aromatic heterocycles. The minimum atomic E-state index is -0.777. The van der Waals surface area contributed by atoms with Crippen molar-refractivity contribution in [2.75, 3.05) is 6.54 Å². The van der Waals surface area contributed by atoms with Crippen LogP contribution in [-0.4, -0.2) is 29.3 Å². The van der Waals surface area contributed by atoms with E-state index in [9.17, 15) is 14.4 Å². The third kappa shape index (κ3) is 3.92. The molecule has 126 valence electrons. The zero-order valence-corrected chi connectivity index (χ0v) is 13.2. The maximum Gasteiger partial charge on any atom is 0.309 e. The van der Waals surface area contributed by atoms with E-state index in [1.165, 1.54) is 0 Å². The maximum absolute atomic E-state index is 11.9. The van der Waals surface area contributed by atoms with Gasteiger partial charge in [0.25, 0.3) is 5.91 Å². The number of hydrogen-bond donors (Lipinski definition) is 2. The van der Waals surface area contributed by atoms with E-state index < -0.39 is 23.8 Å². The molecule has 0 aliphatic carbocycles. The Kier molecular flexibility index (Phi) is 4.89. The van der Waals surface area contributed by atoms with Crippen molar-refractivity contribution in [3.05, 3.63) is 65.5 Å². The highest BCUT2D eigenvalue weighted by Gasteiger charge is 2.24. The predicted molar refractivity (Wildman–Crippen MR) is 87.5 cm³/mol. The molecule has 1 unspecified atom stereocenters. The number of amides is 3. The lowest BCUT2D eigenvalue weighted by Gasteiger charge is -2.18. The molecule has 0 saturated heterocycles. The first-order valence-electron chi connectivity index (χ1n) is 7.65. The number of fused-ring (bicyclic) bond motifs is 1. The van der Waals surface area contributed by atoms with Crippen molar-refractivity contribution in [2.45, 2.75) is 12.6 Å². The molecular formula is C17H15N5O3. The van der Waals surface area contributed by atoms with Crippen molar-refractivity contribution < 1.29 is 14.4 Å². The fourth-order valence-electron chi connectivity index (χ4n) is 2.39. The first-order chi connectivity index (χ1) is 12.1. The minimum Gasteiger partial charge on any atom is -0.345 e. The molecule has 3 rings (SSSR count). The molecule has 0 bridgehead atoms. The van der Waals surface area contributed by atoms with Crippen LogP contribution in [0.1, 0.15) is 27.7 Å². The number of rotatable bonds is 4. The molecule has 1 aromatic carbocycles. The van der Waals surface area contributed by atoms with Gasteiger partial charge in [-0.05, 0) is 23.8 Å². The smallest absolute Gasteiger partial charge is 0.309 e. The van der Waals surface area contributed by atoms with Crippen molar-refractivity contribution in [1.82, 2.24) is 15.6 Å². The number of nitrogens with zero attached hydrogens (tertiary/aromatic N) is 3. The summed E-state index contributed by atoms with van der Waals surface area (Å²) in [4.78, 5) is 39.5. The van der Waals surface area contributed by atoms with Gasteiger partial charge in [0, 0.05) is 18.3 Å². The lowest BCUT2D eigenvalue weighted by atomic mass is 9.99. The van der Waals surface area contributed by atoms with Crippen molar-refractivity contribution in [3.63, 3.8) is 0 Å². The molecule has 0 radical (unpaired) electrons. The average Bonchev–Trinajstić information content (AvgIpc) is 2.66. The Morgan fingerprint density at radius 3 is 2.56 bits per heavy atom. The summed E-state index contributed by atoms with van der Waals surface area (Å²) in [5.41, 5.74) is 1.78. The molecule has 2 heterocycles.